The average molecular weight is 409 g/mol. The van der Waals surface area contributed by atoms with E-state index in [2.05, 4.69) is 15.6 Å². The molecular weight excluding hydrogens is 385 g/mol. The Morgan fingerprint density at radius 3 is 2.67 bits per heavy atom. The van der Waals surface area contributed by atoms with Gasteiger partial charge in [0.05, 0.1) is 18.8 Å². The van der Waals surface area contributed by atoms with Crippen LogP contribution in [-0.4, -0.2) is 38.2 Å². The van der Waals surface area contributed by atoms with Gasteiger partial charge in [-0.2, -0.15) is 0 Å². The van der Waals surface area contributed by atoms with E-state index in [1.165, 1.54) is 0 Å². The third-order valence-electron chi connectivity index (χ3n) is 2.46. The van der Waals surface area contributed by atoms with Crippen LogP contribution in [0.25, 0.3) is 0 Å². The summed E-state index contributed by atoms with van der Waals surface area (Å²) in [7, 11) is 1.69. The molecule has 0 radical (unpaired) electrons. The molecule has 0 aromatic carbocycles. The molecule has 1 aromatic rings. The van der Waals surface area contributed by atoms with Crippen molar-refractivity contribution in [3.05, 3.63) is 24.2 Å². The fourth-order valence-corrected chi connectivity index (χ4v) is 1.58. The Morgan fingerprint density at radius 1 is 1.38 bits per heavy atom. The monoisotopic (exact) mass is 409 g/mol. The van der Waals surface area contributed by atoms with Crippen LogP contribution < -0.4 is 10.6 Å². The Morgan fingerprint density at radius 2 is 2.10 bits per heavy atom. The minimum absolute atomic E-state index is 0. The summed E-state index contributed by atoms with van der Waals surface area (Å²) in [5.41, 5.74) is 0. The van der Waals surface area contributed by atoms with Gasteiger partial charge in [0.2, 0.25) is 0 Å². The van der Waals surface area contributed by atoms with Gasteiger partial charge in [-0.05, 0) is 26.0 Å². The molecule has 1 heterocycles. The largest absolute Gasteiger partial charge is 0.469 e. The van der Waals surface area contributed by atoms with E-state index in [1.807, 2.05) is 26.0 Å². The maximum atomic E-state index is 11.4. The van der Waals surface area contributed by atoms with E-state index in [1.54, 1.807) is 13.3 Å². The van der Waals surface area contributed by atoms with Crippen LogP contribution in [0.1, 0.15) is 26.0 Å². The topological polar surface area (TPSA) is 75.9 Å². The van der Waals surface area contributed by atoms with Gasteiger partial charge in [0.25, 0.3) is 0 Å². The number of halogens is 1. The average Bonchev–Trinajstić information content (AvgIpc) is 2.89. The van der Waals surface area contributed by atoms with Gasteiger partial charge in [0, 0.05) is 26.6 Å². The molecule has 0 saturated carbocycles. The molecule has 2 N–H and O–H groups in total. The van der Waals surface area contributed by atoms with E-state index in [0.29, 0.717) is 25.5 Å². The number of nitrogens with zero attached hydrogens (tertiary/aromatic N) is 1. The van der Waals surface area contributed by atoms with Crippen molar-refractivity contribution in [1.82, 2.24) is 10.6 Å². The highest BCUT2D eigenvalue weighted by Crippen LogP contribution is 1.99. The quantitative estimate of drug-likeness (QED) is 0.312. The molecule has 0 fully saturated rings. The van der Waals surface area contributed by atoms with Gasteiger partial charge in [-0.15, -0.1) is 24.0 Å². The first-order valence-electron chi connectivity index (χ1n) is 6.78. The van der Waals surface area contributed by atoms with Crippen LogP contribution >= 0.6 is 24.0 Å². The Labute approximate surface area is 142 Å². The van der Waals surface area contributed by atoms with Crippen molar-refractivity contribution < 1.29 is 13.9 Å². The molecule has 6 nitrogen and oxygen atoms in total. The van der Waals surface area contributed by atoms with Crippen molar-refractivity contribution in [1.29, 1.82) is 0 Å². The minimum Gasteiger partial charge on any atom is -0.469 e. The lowest BCUT2D eigenvalue weighted by Crippen LogP contribution is -2.39. The van der Waals surface area contributed by atoms with Gasteiger partial charge in [0.1, 0.15) is 5.76 Å². The molecule has 21 heavy (non-hydrogen) atoms. The maximum absolute atomic E-state index is 11.4. The first-order chi connectivity index (χ1) is 9.61. The van der Waals surface area contributed by atoms with E-state index in [4.69, 9.17) is 9.15 Å². The molecule has 1 aromatic heterocycles. The first-order valence-corrected chi connectivity index (χ1v) is 6.78. The van der Waals surface area contributed by atoms with Crippen molar-refractivity contribution in [3.63, 3.8) is 0 Å². The van der Waals surface area contributed by atoms with E-state index in [-0.39, 0.29) is 36.0 Å². The third kappa shape index (κ3) is 9.33. The predicted octanol–water partition coefficient (Wildman–Crippen LogP) is 1.95. The normalized spacial score (nSPS) is 11.0. The number of carbonyl (C=O) groups is 1. The molecule has 1 rings (SSSR count). The van der Waals surface area contributed by atoms with E-state index in [0.717, 1.165) is 12.2 Å². The molecule has 0 atom stereocenters. The van der Waals surface area contributed by atoms with Crippen molar-refractivity contribution in [3.8, 4) is 0 Å². The Hall–Kier alpha value is -1.25. The number of esters is 1. The van der Waals surface area contributed by atoms with Crippen LogP contribution in [0.15, 0.2) is 27.8 Å². The van der Waals surface area contributed by atoms with Gasteiger partial charge in [-0.1, -0.05) is 0 Å². The number of rotatable bonds is 7. The molecule has 0 aliphatic carbocycles. The van der Waals surface area contributed by atoms with Crippen LogP contribution in [0.4, 0.5) is 0 Å². The lowest BCUT2D eigenvalue weighted by molar-refractivity contribution is -0.147. The number of aliphatic imine (C=N–C) groups is 1. The summed E-state index contributed by atoms with van der Waals surface area (Å²) in [6.45, 7) is 4.87. The zero-order valence-corrected chi connectivity index (χ0v) is 15.0. The van der Waals surface area contributed by atoms with Crippen LogP contribution in [-0.2, 0) is 16.0 Å². The summed E-state index contributed by atoms with van der Waals surface area (Å²) in [6, 6.07) is 3.79. The smallest absolute Gasteiger partial charge is 0.307 e. The molecule has 0 aliphatic heterocycles. The van der Waals surface area contributed by atoms with Crippen molar-refractivity contribution in [2.75, 3.05) is 20.1 Å². The van der Waals surface area contributed by atoms with Gasteiger partial charge in [-0.3, -0.25) is 9.79 Å². The predicted molar refractivity (Wildman–Crippen MR) is 93.0 cm³/mol. The summed E-state index contributed by atoms with van der Waals surface area (Å²) in [6.07, 6.45) is 2.68. The van der Waals surface area contributed by atoms with Gasteiger partial charge < -0.3 is 19.8 Å². The minimum atomic E-state index is -0.210. The number of furan rings is 1. The van der Waals surface area contributed by atoms with E-state index < -0.39 is 0 Å². The van der Waals surface area contributed by atoms with Crippen LogP contribution in [0.3, 0.4) is 0 Å². The second-order valence-electron chi connectivity index (χ2n) is 4.54. The summed E-state index contributed by atoms with van der Waals surface area (Å²) in [4.78, 5) is 15.4. The summed E-state index contributed by atoms with van der Waals surface area (Å²) in [5.74, 6) is 1.38. The fraction of sp³-hybridized carbons (Fsp3) is 0.571. The maximum Gasteiger partial charge on any atom is 0.307 e. The second kappa shape index (κ2) is 11.4. The molecular formula is C14H24IN3O3. The summed E-state index contributed by atoms with van der Waals surface area (Å²) < 4.78 is 10.3. The fourth-order valence-electron chi connectivity index (χ4n) is 1.58. The molecule has 0 amide bonds. The van der Waals surface area contributed by atoms with E-state index in [9.17, 15) is 4.79 Å². The Bertz CT molecular complexity index is 419. The van der Waals surface area contributed by atoms with E-state index >= 15 is 0 Å². The third-order valence-corrected chi connectivity index (χ3v) is 2.46. The highest BCUT2D eigenvalue weighted by atomic mass is 127. The van der Waals surface area contributed by atoms with Crippen LogP contribution in [0.5, 0.6) is 0 Å². The number of hydrogen-bond acceptors (Lipinski definition) is 4. The Kier molecular flexibility index (Phi) is 10.7. The number of ether oxygens (including phenoxy) is 1. The molecule has 0 aliphatic rings. The molecule has 7 heteroatoms. The molecule has 120 valence electrons. The van der Waals surface area contributed by atoms with Gasteiger partial charge >= 0.3 is 5.97 Å². The highest BCUT2D eigenvalue weighted by molar-refractivity contribution is 14.0. The molecule has 0 unspecified atom stereocenters. The first kappa shape index (κ1) is 19.8. The van der Waals surface area contributed by atoms with Crippen LogP contribution in [0, 0.1) is 0 Å². The number of hydrogen-bond donors (Lipinski definition) is 2. The van der Waals surface area contributed by atoms with Crippen LogP contribution in [0.2, 0.25) is 0 Å². The Balaban J connectivity index is 0.00000400. The zero-order chi connectivity index (χ0) is 14.8. The highest BCUT2D eigenvalue weighted by Gasteiger charge is 2.05. The molecule has 0 spiro atoms. The lowest BCUT2D eigenvalue weighted by atomic mass is 10.3. The zero-order valence-electron chi connectivity index (χ0n) is 12.7. The standard InChI is InChI=1S/C14H23N3O3.HI/c1-11(2)20-13(18)7-9-17-14(15-3)16-8-6-12-5-4-10-19-12;/h4-5,10-11H,6-9H2,1-3H3,(H2,15,16,17);1H. The SMILES string of the molecule is CN=C(NCCC(=O)OC(C)C)NCCc1ccco1.I. The van der Waals surface area contributed by atoms with Gasteiger partial charge in [-0.25, -0.2) is 0 Å². The van der Waals surface area contributed by atoms with Crippen molar-refractivity contribution in [2.45, 2.75) is 32.8 Å². The molecule has 0 bridgehead atoms. The van der Waals surface area contributed by atoms with Gasteiger partial charge in [0.15, 0.2) is 5.96 Å². The summed E-state index contributed by atoms with van der Waals surface area (Å²) >= 11 is 0. The lowest BCUT2D eigenvalue weighted by Gasteiger charge is -2.12. The number of guanidine groups is 1. The molecule has 0 saturated heterocycles. The summed E-state index contributed by atoms with van der Waals surface area (Å²) in [5, 5.41) is 6.21. The number of carbonyl (C=O) groups excluding carboxylic acids is 1. The number of nitrogens with one attached hydrogen (secondary N) is 2. The second-order valence-corrected chi connectivity index (χ2v) is 4.54. The van der Waals surface area contributed by atoms with Crippen molar-refractivity contribution in [2.24, 2.45) is 4.99 Å². The van der Waals surface area contributed by atoms with Crippen molar-refractivity contribution >= 4 is 35.9 Å².